The van der Waals surface area contributed by atoms with Crippen LogP contribution >= 0.6 is 11.5 Å². The highest BCUT2D eigenvalue weighted by atomic mass is 32.1. The zero-order valence-corrected chi connectivity index (χ0v) is 9.56. The first-order chi connectivity index (χ1) is 7.15. The van der Waals surface area contributed by atoms with Crippen molar-refractivity contribution in [1.29, 1.82) is 0 Å². The number of ketones is 1. The van der Waals surface area contributed by atoms with Crippen LogP contribution in [0.15, 0.2) is 29.1 Å². The van der Waals surface area contributed by atoms with Crippen LogP contribution in [-0.2, 0) is 4.79 Å². The molecule has 1 N–H and O–H groups in total. The molecule has 15 heavy (non-hydrogen) atoms. The van der Waals surface area contributed by atoms with E-state index >= 15 is 0 Å². The summed E-state index contributed by atoms with van der Waals surface area (Å²) in [5.74, 6) is 0.255. The zero-order chi connectivity index (χ0) is 11.3. The van der Waals surface area contributed by atoms with Gasteiger partial charge in [0.05, 0.1) is 10.1 Å². The SMILES string of the molecule is CCC(C)=O.O=c1[nH]sc2ccccc12. The maximum Gasteiger partial charge on any atom is 0.265 e. The van der Waals surface area contributed by atoms with Crippen LogP contribution in [0.1, 0.15) is 20.3 Å². The third-order valence-corrected chi connectivity index (χ3v) is 2.75. The summed E-state index contributed by atoms with van der Waals surface area (Å²) in [7, 11) is 0. The second-order valence-corrected chi connectivity index (χ2v) is 3.93. The number of hydrogen-bond donors (Lipinski definition) is 1. The molecule has 80 valence electrons. The molecule has 0 saturated carbocycles. The van der Waals surface area contributed by atoms with E-state index in [0.717, 1.165) is 10.1 Å². The number of benzene rings is 1. The largest absolute Gasteiger partial charge is 0.300 e. The first-order valence-electron chi connectivity index (χ1n) is 4.70. The highest BCUT2D eigenvalue weighted by molar-refractivity contribution is 7.13. The van der Waals surface area contributed by atoms with Gasteiger partial charge in [0.25, 0.3) is 5.56 Å². The molecule has 0 aliphatic rings. The first-order valence-corrected chi connectivity index (χ1v) is 5.52. The van der Waals surface area contributed by atoms with Gasteiger partial charge in [-0.05, 0) is 19.1 Å². The second-order valence-electron chi connectivity index (χ2n) is 3.08. The molecule has 1 heterocycles. The van der Waals surface area contributed by atoms with Crippen LogP contribution in [0.2, 0.25) is 0 Å². The predicted molar refractivity (Wildman–Crippen MR) is 63.4 cm³/mol. The van der Waals surface area contributed by atoms with Crippen molar-refractivity contribution < 1.29 is 4.79 Å². The van der Waals surface area contributed by atoms with E-state index in [1.807, 2.05) is 31.2 Å². The lowest BCUT2D eigenvalue weighted by molar-refractivity contribution is -0.116. The van der Waals surface area contributed by atoms with Gasteiger partial charge in [-0.3, -0.25) is 9.17 Å². The maximum atomic E-state index is 10.9. The molecular formula is C11H13NO2S. The van der Waals surface area contributed by atoms with Crippen LogP contribution in [0.3, 0.4) is 0 Å². The van der Waals surface area contributed by atoms with E-state index in [-0.39, 0.29) is 11.3 Å². The Labute approximate surface area is 91.9 Å². The molecule has 1 aromatic heterocycles. The molecule has 0 spiro atoms. The van der Waals surface area contributed by atoms with Gasteiger partial charge in [0.15, 0.2) is 0 Å². The van der Waals surface area contributed by atoms with E-state index in [9.17, 15) is 9.59 Å². The molecule has 0 atom stereocenters. The fourth-order valence-corrected chi connectivity index (χ4v) is 1.63. The van der Waals surface area contributed by atoms with Crippen molar-refractivity contribution in [3.05, 3.63) is 34.6 Å². The molecule has 0 saturated heterocycles. The van der Waals surface area contributed by atoms with Crippen molar-refractivity contribution in [1.82, 2.24) is 4.37 Å². The summed E-state index contributed by atoms with van der Waals surface area (Å²) in [5, 5.41) is 0.785. The number of Topliss-reactive ketones (excluding diaryl/α,β-unsaturated/α-hetero) is 1. The average Bonchev–Trinajstić information content (AvgIpc) is 2.62. The Morgan fingerprint density at radius 1 is 1.40 bits per heavy atom. The third-order valence-electron chi connectivity index (χ3n) is 1.88. The second kappa shape index (κ2) is 5.46. The number of hydrogen-bond acceptors (Lipinski definition) is 3. The molecule has 2 rings (SSSR count). The number of nitrogens with one attached hydrogen (secondary N) is 1. The average molecular weight is 223 g/mol. The van der Waals surface area contributed by atoms with Crippen LogP contribution in [0.25, 0.3) is 10.1 Å². The minimum absolute atomic E-state index is 0.0144. The summed E-state index contributed by atoms with van der Waals surface area (Å²) < 4.78 is 3.68. The van der Waals surface area contributed by atoms with Crippen LogP contribution in [0.5, 0.6) is 0 Å². The number of fused-ring (bicyclic) bond motifs is 1. The van der Waals surface area contributed by atoms with Gasteiger partial charge in [-0.2, -0.15) is 0 Å². The Morgan fingerprint density at radius 3 is 2.53 bits per heavy atom. The molecule has 0 bridgehead atoms. The van der Waals surface area contributed by atoms with Crippen LogP contribution in [0, 0.1) is 0 Å². The molecule has 0 unspecified atom stereocenters. The molecule has 0 amide bonds. The predicted octanol–water partition coefficient (Wildman–Crippen LogP) is 2.58. The van der Waals surface area contributed by atoms with E-state index in [1.54, 1.807) is 6.92 Å². The third kappa shape index (κ3) is 3.32. The van der Waals surface area contributed by atoms with Crippen molar-refractivity contribution in [3.63, 3.8) is 0 Å². The molecule has 0 radical (unpaired) electrons. The van der Waals surface area contributed by atoms with Gasteiger partial charge in [-0.25, -0.2) is 0 Å². The van der Waals surface area contributed by atoms with Crippen LogP contribution in [-0.4, -0.2) is 10.2 Å². The van der Waals surface area contributed by atoms with E-state index in [1.165, 1.54) is 11.5 Å². The molecule has 1 aromatic carbocycles. The highest BCUT2D eigenvalue weighted by Gasteiger charge is 1.96. The smallest absolute Gasteiger partial charge is 0.265 e. The van der Waals surface area contributed by atoms with Gasteiger partial charge in [0, 0.05) is 6.42 Å². The Kier molecular flexibility index (Phi) is 4.24. The van der Waals surface area contributed by atoms with Gasteiger partial charge in [-0.15, -0.1) is 0 Å². The van der Waals surface area contributed by atoms with E-state index in [4.69, 9.17) is 0 Å². The van der Waals surface area contributed by atoms with Crippen molar-refractivity contribution >= 4 is 27.4 Å². The molecule has 0 aliphatic carbocycles. The Hall–Kier alpha value is -1.42. The Morgan fingerprint density at radius 2 is 2.00 bits per heavy atom. The van der Waals surface area contributed by atoms with Crippen LogP contribution in [0.4, 0.5) is 0 Å². The summed E-state index contributed by atoms with van der Waals surface area (Å²) in [6.45, 7) is 3.43. The lowest BCUT2D eigenvalue weighted by atomic mass is 10.3. The summed E-state index contributed by atoms with van der Waals surface area (Å²) >= 11 is 1.38. The zero-order valence-electron chi connectivity index (χ0n) is 8.74. The number of rotatable bonds is 1. The number of H-pyrrole nitrogens is 1. The summed E-state index contributed by atoms with van der Waals surface area (Å²) in [6, 6.07) is 7.54. The van der Waals surface area contributed by atoms with E-state index in [2.05, 4.69) is 4.37 Å². The quantitative estimate of drug-likeness (QED) is 0.807. The first kappa shape index (κ1) is 11.7. The number of aromatic amines is 1. The monoisotopic (exact) mass is 223 g/mol. The molecular weight excluding hydrogens is 210 g/mol. The van der Waals surface area contributed by atoms with Gasteiger partial charge < -0.3 is 4.79 Å². The standard InChI is InChI=1S/C7H5NOS.C4H8O/c9-7-5-3-1-2-4-6(5)10-8-7;1-3-4(2)5/h1-4H,(H,8,9);3H2,1-2H3. The van der Waals surface area contributed by atoms with Gasteiger partial charge in [-0.1, -0.05) is 30.6 Å². The lowest BCUT2D eigenvalue weighted by Crippen LogP contribution is -1.94. The van der Waals surface area contributed by atoms with E-state index in [0.29, 0.717) is 6.42 Å². The van der Waals surface area contributed by atoms with Gasteiger partial charge in [0.2, 0.25) is 0 Å². The molecule has 0 aliphatic heterocycles. The van der Waals surface area contributed by atoms with Gasteiger partial charge in [0.1, 0.15) is 5.78 Å². The fourth-order valence-electron chi connectivity index (χ4n) is 0.900. The van der Waals surface area contributed by atoms with Crippen molar-refractivity contribution in [2.75, 3.05) is 0 Å². The number of aromatic nitrogens is 1. The van der Waals surface area contributed by atoms with Crippen molar-refractivity contribution in [3.8, 4) is 0 Å². The topological polar surface area (TPSA) is 49.9 Å². The Balaban J connectivity index is 0.000000195. The summed E-state index contributed by atoms with van der Waals surface area (Å²) in [6.07, 6.45) is 0.667. The summed E-state index contributed by atoms with van der Waals surface area (Å²) in [4.78, 5) is 20.7. The summed E-state index contributed by atoms with van der Waals surface area (Å²) in [5.41, 5.74) is 0.0144. The van der Waals surface area contributed by atoms with Crippen molar-refractivity contribution in [2.45, 2.75) is 20.3 Å². The Bertz CT molecular complexity index is 498. The van der Waals surface area contributed by atoms with E-state index < -0.39 is 0 Å². The fraction of sp³-hybridized carbons (Fsp3) is 0.273. The van der Waals surface area contributed by atoms with Crippen LogP contribution < -0.4 is 5.56 Å². The highest BCUT2D eigenvalue weighted by Crippen LogP contribution is 2.11. The maximum absolute atomic E-state index is 10.9. The minimum Gasteiger partial charge on any atom is -0.300 e. The molecule has 2 aromatic rings. The molecule has 4 heteroatoms. The normalized spacial score (nSPS) is 9.47. The lowest BCUT2D eigenvalue weighted by Gasteiger charge is -1.79. The molecule has 0 fully saturated rings. The number of carbonyl (C=O) groups is 1. The molecule has 3 nitrogen and oxygen atoms in total. The minimum atomic E-state index is 0.0144. The van der Waals surface area contributed by atoms with Gasteiger partial charge >= 0.3 is 0 Å². The number of carbonyl (C=O) groups excluding carboxylic acids is 1. The van der Waals surface area contributed by atoms with Crippen molar-refractivity contribution in [2.24, 2.45) is 0 Å².